The van der Waals surface area contributed by atoms with Crippen molar-refractivity contribution in [1.29, 1.82) is 0 Å². The lowest BCUT2D eigenvalue weighted by atomic mass is 9.77. The third kappa shape index (κ3) is 2.09. The van der Waals surface area contributed by atoms with Gasteiger partial charge in [-0.25, -0.2) is 0 Å². The van der Waals surface area contributed by atoms with Crippen molar-refractivity contribution in [2.75, 3.05) is 31.6 Å². The average Bonchev–Trinajstić information content (AvgIpc) is 3.33. The maximum Gasteiger partial charge on any atom is 0.261 e. The molecule has 1 spiro atoms. The van der Waals surface area contributed by atoms with E-state index >= 15 is 0 Å². The Labute approximate surface area is 156 Å². The highest BCUT2D eigenvalue weighted by molar-refractivity contribution is 7.21. The fourth-order valence-corrected chi connectivity index (χ4v) is 6.41. The minimum atomic E-state index is 0.0914. The summed E-state index contributed by atoms with van der Waals surface area (Å²) in [6, 6.07) is 6.49. The molecule has 136 valence electrons. The van der Waals surface area contributed by atoms with Crippen molar-refractivity contribution in [2.45, 2.75) is 37.3 Å². The Bertz CT molecular complexity index is 896. The molecule has 1 atom stereocenters. The number of ether oxygens (including phenoxy) is 1. The second-order valence-electron chi connectivity index (χ2n) is 8.13. The second kappa shape index (κ2) is 5.36. The van der Waals surface area contributed by atoms with Gasteiger partial charge in [0.15, 0.2) is 5.75 Å². The van der Waals surface area contributed by atoms with E-state index in [1.165, 1.54) is 38.8 Å². The van der Waals surface area contributed by atoms with Crippen LogP contribution in [0.3, 0.4) is 0 Å². The number of benzene rings is 1. The molecule has 1 aromatic carbocycles. The van der Waals surface area contributed by atoms with Gasteiger partial charge in [0.1, 0.15) is 6.61 Å². The number of rotatable bonds is 2. The van der Waals surface area contributed by atoms with Gasteiger partial charge in [-0.05, 0) is 62.2 Å². The zero-order valence-electron chi connectivity index (χ0n) is 14.7. The normalized spacial score (nSPS) is 30.5. The average molecular weight is 369 g/mol. The van der Waals surface area contributed by atoms with Gasteiger partial charge in [-0.1, -0.05) is 6.07 Å². The van der Waals surface area contributed by atoms with Crippen LogP contribution in [-0.4, -0.2) is 48.6 Å². The zero-order chi connectivity index (χ0) is 17.3. The molecule has 6 heteroatoms. The SMILES string of the molecule is O=C(N[C@@H]1C2CCN(CC2)C12CC2)c1cc2ccc3c(c2s1)OCCN3. The van der Waals surface area contributed by atoms with Crippen LogP contribution >= 0.6 is 11.3 Å². The fraction of sp³-hybridized carbons (Fsp3) is 0.550. The number of carbonyl (C=O) groups is 1. The van der Waals surface area contributed by atoms with Crippen LogP contribution in [0.5, 0.6) is 5.75 Å². The van der Waals surface area contributed by atoms with Gasteiger partial charge in [0.25, 0.3) is 5.91 Å². The molecule has 1 saturated carbocycles. The predicted octanol–water partition coefficient (Wildman–Crippen LogP) is 3.06. The van der Waals surface area contributed by atoms with E-state index in [-0.39, 0.29) is 11.4 Å². The van der Waals surface area contributed by atoms with E-state index < -0.39 is 0 Å². The van der Waals surface area contributed by atoms with Gasteiger partial charge in [-0.2, -0.15) is 0 Å². The Hall–Kier alpha value is -1.79. The van der Waals surface area contributed by atoms with Gasteiger partial charge in [-0.3, -0.25) is 9.69 Å². The summed E-state index contributed by atoms with van der Waals surface area (Å²) in [5.74, 6) is 1.65. The van der Waals surface area contributed by atoms with E-state index in [9.17, 15) is 4.79 Å². The molecular formula is C20H23N3O2S. The first-order chi connectivity index (χ1) is 12.7. The molecule has 4 aliphatic heterocycles. The molecule has 5 nitrogen and oxygen atoms in total. The number of piperidine rings is 3. The summed E-state index contributed by atoms with van der Waals surface area (Å²) in [7, 11) is 0. The number of thiophene rings is 1. The number of hydrogen-bond donors (Lipinski definition) is 2. The van der Waals surface area contributed by atoms with Crippen LogP contribution in [-0.2, 0) is 0 Å². The quantitative estimate of drug-likeness (QED) is 0.854. The van der Waals surface area contributed by atoms with Crippen molar-refractivity contribution in [3.63, 3.8) is 0 Å². The van der Waals surface area contributed by atoms with Crippen LogP contribution in [0.15, 0.2) is 18.2 Å². The zero-order valence-corrected chi connectivity index (χ0v) is 15.5. The monoisotopic (exact) mass is 369 g/mol. The van der Waals surface area contributed by atoms with E-state index in [1.54, 1.807) is 11.3 Å². The second-order valence-corrected chi connectivity index (χ2v) is 9.18. The van der Waals surface area contributed by atoms with Crippen molar-refractivity contribution in [3.05, 3.63) is 23.1 Å². The highest BCUT2D eigenvalue weighted by Crippen LogP contribution is 2.53. The maximum atomic E-state index is 13.1. The number of nitrogens with zero attached hydrogens (tertiary/aromatic N) is 1. The van der Waals surface area contributed by atoms with Crippen LogP contribution in [0.1, 0.15) is 35.4 Å². The Morgan fingerprint density at radius 3 is 2.96 bits per heavy atom. The van der Waals surface area contributed by atoms with E-state index in [0.717, 1.165) is 32.9 Å². The van der Waals surface area contributed by atoms with E-state index in [4.69, 9.17) is 4.74 Å². The molecule has 1 aliphatic carbocycles. The van der Waals surface area contributed by atoms with Crippen LogP contribution < -0.4 is 15.4 Å². The summed E-state index contributed by atoms with van der Waals surface area (Å²) >= 11 is 1.56. The van der Waals surface area contributed by atoms with Gasteiger partial charge >= 0.3 is 0 Å². The number of anilines is 1. The highest BCUT2D eigenvalue weighted by Gasteiger charge is 2.60. The number of fused-ring (bicyclic) bond motifs is 5. The van der Waals surface area contributed by atoms with Crippen molar-refractivity contribution in [1.82, 2.24) is 10.2 Å². The lowest BCUT2D eigenvalue weighted by molar-refractivity contribution is -0.00138. The smallest absolute Gasteiger partial charge is 0.261 e. The molecule has 0 unspecified atom stereocenters. The van der Waals surface area contributed by atoms with E-state index in [2.05, 4.69) is 27.7 Å². The molecule has 2 aromatic rings. The molecule has 0 radical (unpaired) electrons. The molecular weight excluding hydrogens is 346 g/mol. The molecule has 3 saturated heterocycles. The van der Waals surface area contributed by atoms with Crippen LogP contribution in [0, 0.1) is 5.92 Å². The summed E-state index contributed by atoms with van der Waals surface area (Å²) < 4.78 is 6.95. The molecule has 26 heavy (non-hydrogen) atoms. The first-order valence-electron chi connectivity index (χ1n) is 9.74. The molecule has 7 rings (SSSR count). The lowest BCUT2D eigenvalue weighted by Crippen LogP contribution is -2.65. The fourth-order valence-electron chi connectivity index (χ4n) is 5.34. The van der Waals surface area contributed by atoms with Gasteiger partial charge < -0.3 is 15.4 Å². The van der Waals surface area contributed by atoms with Gasteiger partial charge in [0.2, 0.25) is 0 Å². The molecule has 4 fully saturated rings. The largest absolute Gasteiger partial charge is 0.488 e. The Kier molecular flexibility index (Phi) is 3.15. The topological polar surface area (TPSA) is 53.6 Å². The van der Waals surface area contributed by atoms with Crippen LogP contribution in [0.4, 0.5) is 5.69 Å². The Balaban J connectivity index is 1.31. The van der Waals surface area contributed by atoms with Crippen molar-refractivity contribution in [2.24, 2.45) is 5.92 Å². The number of hydrogen-bond acceptors (Lipinski definition) is 5. The minimum absolute atomic E-state index is 0.0914. The number of carbonyl (C=O) groups excluding carboxylic acids is 1. The molecule has 2 N–H and O–H groups in total. The van der Waals surface area contributed by atoms with Gasteiger partial charge in [-0.15, -0.1) is 11.3 Å². The Morgan fingerprint density at radius 2 is 2.15 bits per heavy atom. The standard InChI is InChI=1S/C20H23N3O2S/c24-19(22-18-12-3-8-23(9-4-12)20(18)5-6-20)15-11-13-1-2-14-16(17(13)26-15)25-10-7-21-14/h1-2,11-12,18,21H,3-10H2,(H,22,24)/t18-/m1/s1. The number of amides is 1. The van der Waals surface area contributed by atoms with E-state index in [1.807, 2.05) is 6.07 Å². The molecule has 1 aromatic heterocycles. The summed E-state index contributed by atoms with van der Waals surface area (Å²) in [4.78, 5) is 16.5. The highest BCUT2D eigenvalue weighted by atomic mass is 32.1. The third-order valence-electron chi connectivity index (χ3n) is 6.80. The minimum Gasteiger partial charge on any atom is -0.488 e. The molecule has 5 aliphatic rings. The van der Waals surface area contributed by atoms with Crippen molar-refractivity contribution < 1.29 is 9.53 Å². The maximum absolute atomic E-state index is 13.1. The van der Waals surface area contributed by atoms with Crippen molar-refractivity contribution >= 4 is 33.0 Å². The predicted molar refractivity (Wildman–Crippen MR) is 103 cm³/mol. The van der Waals surface area contributed by atoms with Crippen LogP contribution in [0.2, 0.25) is 0 Å². The van der Waals surface area contributed by atoms with Gasteiger partial charge in [0, 0.05) is 12.1 Å². The summed E-state index contributed by atoms with van der Waals surface area (Å²) in [6.07, 6.45) is 4.94. The van der Waals surface area contributed by atoms with Crippen molar-refractivity contribution in [3.8, 4) is 5.75 Å². The first kappa shape index (κ1) is 15.3. The van der Waals surface area contributed by atoms with E-state index in [0.29, 0.717) is 18.6 Å². The number of nitrogens with one attached hydrogen (secondary N) is 2. The lowest BCUT2D eigenvalue weighted by Gasteiger charge is -2.52. The first-order valence-corrected chi connectivity index (χ1v) is 10.6. The van der Waals surface area contributed by atoms with Gasteiger partial charge in [0.05, 0.1) is 21.3 Å². The molecule has 1 amide bonds. The summed E-state index contributed by atoms with van der Waals surface area (Å²) in [6.45, 7) is 3.94. The molecule has 5 heterocycles. The molecule has 2 bridgehead atoms. The summed E-state index contributed by atoms with van der Waals surface area (Å²) in [5, 5.41) is 7.90. The van der Waals surface area contributed by atoms with Crippen LogP contribution in [0.25, 0.3) is 10.1 Å². The summed E-state index contributed by atoms with van der Waals surface area (Å²) in [5.41, 5.74) is 1.31. The Morgan fingerprint density at radius 1 is 1.31 bits per heavy atom. The third-order valence-corrected chi connectivity index (χ3v) is 7.95.